The molecule has 19 heavy (non-hydrogen) atoms. The minimum Gasteiger partial charge on any atom is -0.309 e. The largest absolute Gasteiger partial charge is 0.309 e. The molecular weight excluding hydrogens is 238 g/mol. The van der Waals surface area contributed by atoms with E-state index in [-0.39, 0.29) is 0 Å². The van der Waals surface area contributed by atoms with Gasteiger partial charge in [-0.15, -0.1) is 0 Å². The lowest BCUT2D eigenvalue weighted by Gasteiger charge is -2.26. The number of aromatic nitrogens is 4. The van der Waals surface area contributed by atoms with Gasteiger partial charge in [0, 0.05) is 25.2 Å². The number of hydrogen-bond donors (Lipinski definition) is 2. The van der Waals surface area contributed by atoms with Crippen molar-refractivity contribution >= 4 is 0 Å². The Bertz CT molecular complexity index is 609. The van der Waals surface area contributed by atoms with Gasteiger partial charge in [0.15, 0.2) is 0 Å². The van der Waals surface area contributed by atoms with Gasteiger partial charge in [-0.2, -0.15) is 10.2 Å². The van der Waals surface area contributed by atoms with Crippen LogP contribution in [0.3, 0.4) is 0 Å². The molecule has 0 saturated carbocycles. The lowest BCUT2D eigenvalue weighted by Crippen LogP contribution is -2.35. The van der Waals surface area contributed by atoms with E-state index in [1.165, 1.54) is 41.1 Å². The van der Waals surface area contributed by atoms with Gasteiger partial charge in [0.05, 0.1) is 23.6 Å². The molecule has 2 aliphatic rings. The van der Waals surface area contributed by atoms with Gasteiger partial charge in [0.1, 0.15) is 0 Å². The minimum absolute atomic E-state index is 0.405. The summed E-state index contributed by atoms with van der Waals surface area (Å²) in [7, 11) is 0. The number of aromatic amines is 1. The van der Waals surface area contributed by atoms with Gasteiger partial charge in [-0.05, 0) is 37.3 Å². The molecule has 0 aromatic carbocycles. The molecule has 1 atom stereocenters. The third-order valence-electron chi connectivity index (χ3n) is 4.44. The standard InChI is InChI=1S/C14H19N5/c1-9-6-16-19-10(7-15-8-14(9)19)5-13-11-3-2-4-12(11)17-18-13/h6,10,15H,2-5,7-8H2,1H3,(H,17,18). The first-order valence-corrected chi connectivity index (χ1v) is 7.11. The van der Waals surface area contributed by atoms with Crippen molar-refractivity contribution in [3.8, 4) is 0 Å². The van der Waals surface area contributed by atoms with Crippen LogP contribution in [0, 0.1) is 6.92 Å². The Morgan fingerprint density at radius 3 is 3.32 bits per heavy atom. The van der Waals surface area contributed by atoms with Crippen LogP contribution in [0.2, 0.25) is 0 Å². The molecule has 5 nitrogen and oxygen atoms in total. The maximum absolute atomic E-state index is 4.55. The molecule has 1 aliphatic carbocycles. The first-order valence-electron chi connectivity index (χ1n) is 7.11. The zero-order valence-electron chi connectivity index (χ0n) is 11.2. The molecule has 0 saturated heterocycles. The van der Waals surface area contributed by atoms with Crippen molar-refractivity contribution in [1.82, 2.24) is 25.3 Å². The van der Waals surface area contributed by atoms with E-state index < -0.39 is 0 Å². The highest BCUT2D eigenvalue weighted by molar-refractivity contribution is 5.30. The van der Waals surface area contributed by atoms with Crippen LogP contribution < -0.4 is 5.32 Å². The van der Waals surface area contributed by atoms with Crippen LogP contribution in [-0.4, -0.2) is 26.5 Å². The van der Waals surface area contributed by atoms with E-state index in [9.17, 15) is 0 Å². The lowest BCUT2D eigenvalue weighted by atomic mass is 10.0. The van der Waals surface area contributed by atoms with Crippen molar-refractivity contribution in [2.45, 2.75) is 45.2 Å². The molecular formula is C14H19N5. The quantitative estimate of drug-likeness (QED) is 0.852. The van der Waals surface area contributed by atoms with E-state index in [2.05, 4.69) is 32.2 Å². The van der Waals surface area contributed by atoms with E-state index in [1.807, 2.05) is 6.20 Å². The summed E-state index contributed by atoms with van der Waals surface area (Å²) in [5, 5.41) is 15.7. The molecule has 3 heterocycles. The van der Waals surface area contributed by atoms with Crippen LogP contribution in [0.5, 0.6) is 0 Å². The fourth-order valence-corrected chi connectivity index (χ4v) is 3.39. The molecule has 0 bridgehead atoms. The number of nitrogens with zero attached hydrogens (tertiary/aromatic N) is 3. The monoisotopic (exact) mass is 257 g/mol. The first-order chi connectivity index (χ1) is 9.33. The predicted octanol–water partition coefficient (Wildman–Crippen LogP) is 1.29. The number of nitrogens with one attached hydrogen (secondary N) is 2. The van der Waals surface area contributed by atoms with Gasteiger partial charge in [-0.1, -0.05) is 0 Å². The van der Waals surface area contributed by atoms with Gasteiger partial charge in [-0.25, -0.2) is 0 Å². The Kier molecular flexibility index (Phi) is 2.48. The molecule has 0 spiro atoms. The third kappa shape index (κ3) is 1.72. The average molecular weight is 257 g/mol. The second-order valence-electron chi connectivity index (χ2n) is 5.69. The van der Waals surface area contributed by atoms with Crippen LogP contribution in [0.4, 0.5) is 0 Å². The summed E-state index contributed by atoms with van der Waals surface area (Å²) < 4.78 is 2.20. The summed E-state index contributed by atoms with van der Waals surface area (Å²) in [6.07, 6.45) is 6.57. The topological polar surface area (TPSA) is 58.5 Å². The van der Waals surface area contributed by atoms with Crippen LogP contribution in [0.25, 0.3) is 0 Å². The zero-order valence-corrected chi connectivity index (χ0v) is 11.2. The summed E-state index contributed by atoms with van der Waals surface area (Å²) in [6.45, 7) is 4.06. The Morgan fingerprint density at radius 1 is 1.42 bits per heavy atom. The molecule has 2 N–H and O–H groups in total. The molecule has 2 aromatic heterocycles. The lowest BCUT2D eigenvalue weighted by molar-refractivity contribution is 0.361. The van der Waals surface area contributed by atoms with E-state index in [0.717, 1.165) is 25.9 Å². The molecule has 5 heteroatoms. The molecule has 1 unspecified atom stereocenters. The zero-order chi connectivity index (χ0) is 12.8. The maximum Gasteiger partial charge on any atom is 0.0702 e. The molecule has 100 valence electrons. The van der Waals surface area contributed by atoms with Crippen molar-refractivity contribution in [2.24, 2.45) is 0 Å². The second-order valence-corrected chi connectivity index (χ2v) is 5.69. The highest BCUT2D eigenvalue weighted by Crippen LogP contribution is 2.27. The summed E-state index contributed by atoms with van der Waals surface area (Å²) in [5.41, 5.74) is 6.69. The highest BCUT2D eigenvalue weighted by Gasteiger charge is 2.25. The van der Waals surface area contributed by atoms with Crippen molar-refractivity contribution in [2.75, 3.05) is 6.54 Å². The van der Waals surface area contributed by atoms with Crippen molar-refractivity contribution < 1.29 is 0 Å². The minimum atomic E-state index is 0.405. The van der Waals surface area contributed by atoms with Gasteiger partial charge in [0.2, 0.25) is 0 Å². The third-order valence-corrected chi connectivity index (χ3v) is 4.44. The summed E-state index contributed by atoms with van der Waals surface area (Å²) in [4.78, 5) is 0. The van der Waals surface area contributed by atoms with E-state index in [1.54, 1.807) is 0 Å². The summed E-state index contributed by atoms with van der Waals surface area (Å²) in [6, 6.07) is 0.405. The molecule has 0 radical (unpaired) electrons. The number of aryl methyl sites for hydroxylation is 2. The van der Waals surface area contributed by atoms with Gasteiger partial charge < -0.3 is 5.32 Å². The average Bonchev–Trinajstić information content (AvgIpc) is 3.09. The number of hydrogen-bond acceptors (Lipinski definition) is 3. The van der Waals surface area contributed by atoms with Crippen LogP contribution in [0.15, 0.2) is 6.20 Å². The Labute approximate surface area is 112 Å². The van der Waals surface area contributed by atoms with E-state index in [0.29, 0.717) is 6.04 Å². The van der Waals surface area contributed by atoms with Gasteiger partial charge in [0.25, 0.3) is 0 Å². The SMILES string of the molecule is Cc1cnn2c1CNCC2Cc1[nH]nc2c1CCC2. The van der Waals surface area contributed by atoms with Gasteiger partial charge >= 0.3 is 0 Å². The smallest absolute Gasteiger partial charge is 0.0702 e. The predicted molar refractivity (Wildman–Crippen MR) is 72.0 cm³/mol. The first kappa shape index (κ1) is 11.2. The van der Waals surface area contributed by atoms with Crippen LogP contribution in [0.1, 0.15) is 40.7 Å². The summed E-state index contributed by atoms with van der Waals surface area (Å²) >= 11 is 0. The normalized spacial score (nSPS) is 21.4. The molecule has 0 fully saturated rings. The Morgan fingerprint density at radius 2 is 2.37 bits per heavy atom. The van der Waals surface area contributed by atoms with Crippen molar-refractivity contribution in [3.05, 3.63) is 34.4 Å². The fraction of sp³-hybridized carbons (Fsp3) is 0.571. The molecule has 2 aromatic rings. The fourth-order valence-electron chi connectivity index (χ4n) is 3.39. The number of rotatable bonds is 2. The van der Waals surface area contributed by atoms with Crippen molar-refractivity contribution in [1.29, 1.82) is 0 Å². The number of H-pyrrole nitrogens is 1. The highest BCUT2D eigenvalue weighted by atomic mass is 15.3. The van der Waals surface area contributed by atoms with Gasteiger partial charge in [-0.3, -0.25) is 9.78 Å². The number of fused-ring (bicyclic) bond motifs is 2. The Hall–Kier alpha value is -1.62. The molecule has 1 aliphatic heterocycles. The van der Waals surface area contributed by atoms with Crippen molar-refractivity contribution in [3.63, 3.8) is 0 Å². The van der Waals surface area contributed by atoms with E-state index in [4.69, 9.17) is 0 Å². The van der Waals surface area contributed by atoms with Crippen LogP contribution >= 0.6 is 0 Å². The van der Waals surface area contributed by atoms with Crippen LogP contribution in [-0.2, 0) is 25.8 Å². The summed E-state index contributed by atoms with van der Waals surface area (Å²) in [5.74, 6) is 0. The van der Waals surface area contributed by atoms with E-state index >= 15 is 0 Å². The molecule has 4 rings (SSSR count). The second kappa shape index (κ2) is 4.20. The maximum atomic E-state index is 4.55. The molecule has 0 amide bonds. The Balaban J connectivity index is 1.64.